The molecule has 1 N–H and O–H groups in total. The lowest BCUT2D eigenvalue weighted by Crippen LogP contribution is -2.13. The highest BCUT2D eigenvalue weighted by atomic mass is 16.3. The summed E-state index contributed by atoms with van der Waals surface area (Å²) in [6, 6.07) is 8.56. The predicted molar refractivity (Wildman–Crippen MR) is 87.7 cm³/mol. The van der Waals surface area contributed by atoms with Gasteiger partial charge in [0.2, 0.25) is 0 Å². The third-order valence-corrected chi connectivity index (χ3v) is 3.95. The van der Waals surface area contributed by atoms with E-state index in [9.17, 15) is 5.11 Å². The Morgan fingerprint density at radius 2 is 1.40 bits per heavy atom. The minimum atomic E-state index is -0.0517. The fourth-order valence-electron chi connectivity index (χ4n) is 2.62. The Hall–Kier alpha value is -1.50. The molecule has 0 spiro atoms. The molecule has 0 radical (unpaired) electrons. The Morgan fingerprint density at radius 3 is 1.90 bits per heavy atom. The van der Waals surface area contributed by atoms with Gasteiger partial charge in [-0.15, -0.1) is 0 Å². The molecule has 0 bridgehead atoms. The maximum absolute atomic E-state index is 10.3. The molecule has 0 heterocycles. The second-order valence-corrected chi connectivity index (χ2v) is 7.88. The second-order valence-electron chi connectivity index (χ2n) is 7.88. The summed E-state index contributed by atoms with van der Waals surface area (Å²) in [6.07, 6.45) is 0. The summed E-state index contributed by atoms with van der Waals surface area (Å²) in [5, 5.41) is 12.7. The van der Waals surface area contributed by atoms with Crippen LogP contribution >= 0.6 is 0 Å². The molecule has 2 rings (SSSR count). The van der Waals surface area contributed by atoms with Gasteiger partial charge in [0.1, 0.15) is 5.75 Å². The van der Waals surface area contributed by atoms with Gasteiger partial charge >= 0.3 is 0 Å². The van der Waals surface area contributed by atoms with Crippen LogP contribution in [0.3, 0.4) is 0 Å². The molecule has 0 atom stereocenters. The van der Waals surface area contributed by atoms with Gasteiger partial charge in [0.15, 0.2) is 0 Å². The zero-order valence-corrected chi connectivity index (χ0v) is 13.8. The Kier molecular flexibility index (Phi) is 3.36. The summed E-state index contributed by atoms with van der Waals surface area (Å²) in [5.74, 6) is 0.400. The van der Waals surface area contributed by atoms with E-state index in [1.54, 1.807) is 0 Å². The molecule has 0 aliphatic heterocycles. The van der Waals surface area contributed by atoms with Crippen molar-refractivity contribution in [3.8, 4) is 5.75 Å². The van der Waals surface area contributed by atoms with E-state index in [2.05, 4.69) is 66.7 Å². The molecule has 2 aromatic carbocycles. The quantitative estimate of drug-likeness (QED) is 0.675. The molecule has 1 nitrogen and oxygen atoms in total. The number of hydrogen-bond donors (Lipinski definition) is 1. The Balaban J connectivity index is 2.79. The van der Waals surface area contributed by atoms with Crippen LogP contribution in [0.5, 0.6) is 5.75 Å². The van der Waals surface area contributed by atoms with E-state index in [4.69, 9.17) is 0 Å². The average Bonchev–Trinajstić information content (AvgIpc) is 2.26. The van der Waals surface area contributed by atoms with Crippen molar-refractivity contribution in [3.05, 3.63) is 41.0 Å². The number of hydrogen-bond acceptors (Lipinski definition) is 1. The Morgan fingerprint density at radius 1 is 0.800 bits per heavy atom. The van der Waals surface area contributed by atoms with Gasteiger partial charge in [-0.1, -0.05) is 53.7 Å². The lowest BCUT2D eigenvalue weighted by Gasteiger charge is -2.24. The van der Waals surface area contributed by atoms with Crippen LogP contribution in [0.4, 0.5) is 0 Å². The van der Waals surface area contributed by atoms with E-state index in [1.165, 1.54) is 16.5 Å². The number of rotatable bonds is 0. The molecular formula is C19H26O. The molecule has 0 amide bonds. The van der Waals surface area contributed by atoms with Crippen LogP contribution in [0.2, 0.25) is 0 Å². The first-order valence-corrected chi connectivity index (χ1v) is 7.28. The standard InChI is InChI=1S/C19H26O/c1-12-8-14(18(2,3)4)9-13-10-16(19(5,6)7)17(20)11-15(12)13/h8-11,20H,1-7H3. The Labute approximate surface area is 122 Å². The van der Waals surface area contributed by atoms with E-state index < -0.39 is 0 Å². The van der Waals surface area contributed by atoms with E-state index >= 15 is 0 Å². The molecule has 0 aromatic heterocycles. The molecule has 1 heteroatoms. The molecule has 2 aromatic rings. The van der Waals surface area contributed by atoms with Gasteiger partial charge in [0.05, 0.1) is 0 Å². The molecule has 20 heavy (non-hydrogen) atoms. The Bertz CT molecular complexity index is 652. The smallest absolute Gasteiger partial charge is 0.119 e. The fraction of sp³-hybridized carbons (Fsp3) is 0.474. The largest absolute Gasteiger partial charge is 0.508 e. The van der Waals surface area contributed by atoms with E-state index in [0.717, 1.165) is 10.9 Å². The number of aromatic hydroxyl groups is 1. The summed E-state index contributed by atoms with van der Waals surface area (Å²) in [5.41, 5.74) is 3.66. The lowest BCUT2D eigenvalue weighted by molar-refractivity contribution is 0.448. The van der Waals surface area contributed by atoms with Crippen LogP contribution < -0.4 is 0 Å². The number of phenols is 1. The van der Waals surface area contributed by atoms with Crippen LogP contribution in [0, 0.1) is 6.92 Å². The van der Waals surface area contributed by atoms with Crippen molar-refractivity contribution >= 4 is 10.8 Å². The number of fused-ring (bicyclic) bond motifs is 1. The van der Waals surface area contributed by atoms with Gasteiger partial charge in [0.25, 0.3) is 0 Å². The minimum absolute atomic E-state index is 0.0517. The van der Waals surface area contributed by atoms with Crippen LogP contribution in [-0.2, 0) is 10.8 Å². The fourth-order valence-corrected chi connectivity index (χ4v) is 2.62. The molecule has 0 aliphatic carbocycles. The highest BCUT2D eigenvalue weighted by molar-refractivity contribution is 5.89. The molecule has 0 aliphatic rings. The summed E-state index contributed by atoms with van der Waals surface area (Å²) in [4.78, 5) is 0. The second kappa shape index (κ2) is 4.51. The summed E-state index contributed by atoms with van der Waals surface area (Å²) in [6.45, 7) is 15.2. The van der Waals surface area contributed by atoms with Gasteiger partial charge in [-0.25, -0.2) is 0 Å². The van der Waals surface area contributed by atoms with E-state index in [1.807, 2.05) is 6.07 Å². The first kappa shape index (κ1) is 14.9. The van der Waals surface area contributed by atoms with Crippen LogP contribution in [0.15, 0.2) is 24.3 Å². The number of aryl methyl sites for hydroxylation is 1. The minimum Gasteiger partial charge on any atom is -0.508 e. The lowest BCUT2D eigenvalue weighted by atomic mass is 9.81. The van der Waals surface area contributed by atoms with Crippen LogP contribution in [-0.4, -0.2) is 5.11 Å². The predicted octanol–water partition coefficient (Wildman–Crippen LogP) is 5.45. The van der Waals surface area contributed by atoms with Crippen molar-refractivity contribution in [2.45, 2.75) is 59.3 Å². The summed E-state index contributed by atoms with van der Waals surface area (Å²) in [7, 11) is 0. The highest BCUT2D eigenvalue weighted by Crippen LogP contribution is 2.37. The third-order valence-electron chi connectivity index (χ3n) is 3.95. The van der Waals surface area contributed by atoms with Crippen molar-refractivity contribution < 1.29 is 5.11 Å². The van der Waals surface area contributed by atoms with Gasteiger partial charge in [-0.3, -0.25) is 0 Å². The molecular weight excluding hydrogens is 244 g/mol. The van der Waals surface area contributed by atoms with Crippen molar-refractivity contribution in [1.29, 1.82) is 0 Å². The summed E-state index contributed by atoms with van der Waals surface area (Å²) < 4.78 is 0. The third kappa shape index (κ3) is 2.67. The van der Waals surface area contributed by atoms with E-state index in [0.29, 0.717) is 5.75 Å². The van der Waals surface area contributed by atoms with Crippen LogP contribution in [0.25, 0.3) is 10.8 Å². The number of benzene rings is 2. The molecule has 0 saturated heterocycles. The van der Waals surface area contributed by atoms with E-state index in [-0.39, 0.29) is 10.8 Å². The molecule has 0 saturated carbocycles. The summed E-state index contributed by atoms with van der Waals surface area (Å²) >= 11 is 0. The van der Waals surface area contributed by atoms with Crippen molar-refractivity contribution in [1.82, 2.24) is 0 Å². The molecule has 0 fully saturated rings. The first-order valence-electron chi connectivity index (χ1n) is 7.28. The molecule has 108 valence electrons. The van der Waals surface area contributed by atoms with Crippen molar-refractivity contribution in [3.63, 3.8) is 0 Å². The zero-order valence-electron chi connectivity index (χ0n) is 13.8. The zero-order chi connectivity index (χ0) is 15.3. The number of phenolic OH excluding ortho intramolecular Hbond substituents is 1. The topological polar surface area (TPSA) is 20.2 Å². The monoisotopic (exact) mass is 270 g/mol. The van der Waals surface area contributed by atoms with Gasteiger partial charge < -0.3 is 5.11 Å². The van der Waals surface area contributed by atoms with Gasteiger partial charge in [-0.2, -0.15) is 0 Å². The van der Waals surface area contributed by atoms with Gasteiger partial charge in [0, 0.05) is 0 Å². The molecule has 0 unspecified atom stereocenters. The van der Waals surface area contributed by atoms with Gasteiger partial charge in [-0.05, 0) is 57.3 Å². The van der Waals surface area contributed by atoms with Crippen molar-refractivity contribution in [2.75, 3.05) is 0 Å². The highest BCUT2D eigenvalue weighted by Gasteiger charge is 2.20. The normalized spacial score (nSPS) is 12.9. The maximum atomic E-state index is 10.3. The van der Waals surface area contributed by atoms with Crippen molar-refractivity contribution in [2.24, 2.45) is 0 Å². The SMILES string of the molecule is Cc1cc(C(C)(C)C)cc2cc(C(C)(C)C)c(O)cc12. The first-order chi connectivity index (χ1) is 9.00. The average molecular weight is 270 g/mol. The van der Waals surface area contributed by atoms with Crippen LogP contribution in [0.1, 0.15) is 58.2 Å². The maximum Gasteiger partial charge on any atom is 0.119 e.